The second-order valence-corrected chi connectivity index (χ2v) is 11.3. The first-order valence-corrected chi connectivity index (χ1v) is 13.4. The Morgan fingerprint density at radius 2 is 1.74 bits per heavy atom. The molecule has 1 saturated heterocycles. The lowest BCUT2D eigenvalue weighted by Gasteiger charge is -2.49. The molecule has 0 aliphatic carbocycles. The Kier molecular flexibility index (Phi) is 8.32. The van der Waals surface area contributed by atoms with Crippen LogP contribution in [0.25, 0.3) is 0 Å². The van der Waals surface area contributed by atoms with Crippen molar-refractivity contribution in [3.05, 3.63) is 76.6 Å². The van der Waals surface area contributed by atoms with Crippen molar-refractivity contribution in [3.8, 4) is 5.75 Å². The van der Waals surface area contributed by atoms with Gasteiger partial charge in [0, 0.05) is 10.8 Å². The van der Waals surface area contributed by atoms with E-state index in [1.54, 1.807) is 45.0 Å². The fraction of sp³-hybridized carbons (Fsp3) is 0.333. The van der Waals surface area contributed by atoms with Crippen molar-refractivity contribution in [2.24, 2.45) is 0 Å². The van der Waals surface area contributed by atoms with Crippen LogP contribution in [0, 0.1) is 0 Å². The number of rotatable bonds is 8. The first-order valence-electron chi connectivity index (χ1n) is 11.9. The van der Waals surface area contributed by atoms with Gasteiger partial charge in [0.05, 0.1) is 12.1 Å². The first kappa shape index (κ1) is 27.5. The summed E-state index contributed by atoms with van der Waals surface area (Å²) >= 11 is 7.19. The molecule has 0 spiro atoms. The van der Waals surface area contributed by atoms with Crippen molar-refractivity contribution >= 4 is 47.1 Å². The van der Waals surface area contributed by atoms with Gasteiger partial charge < -0.3 is 20.1 Å². The van der Waals surface area contributed by atoms with Gasteiger partial charge in [-0.15, -0.1) is 11.8 Å². The van der Waals surface area contributed by atoms with Crippen molar-refractivity contribution in [1.82, 2.24) is 15.5 Å². The number of esters is 1. The molecule has 0 aromatic heterocycles. The zero-order valence-corrected chi connectivity index (χ0v) is 22.7. The van der Waals surface area contributed by atoms with Crippen LogP contribution in [0.2, 0.25) is 5.02 Å². The predicted molar refractivity (Wildman–Crippen MR) is 143 cm³/mol. The highest BCUT2D eigenvalue weighted by atomic mass is 35.5. The number of nitrogens with one attached hydrogen (secondary N) is 2. The van der Waals surface area contributed by atoms with Crippen LogP contribution in [0.4, 0.5) is 0 Å². The van der Waals surface area contributed by atoms with Crippen LogP contribution in [0.1, 0.15) is 26.3 Å². The molecule has 2 atom stereocenters. The van der Waals surface area contributed by atoms with E-state index in [4.69, 9.17) is 21.1 Å². The maximum Gasteiger partial charge on any atom is 0.357 e. The van der Waals surface area contributed by atoms with Gasteiger partial charge >= 0.3 is 5.97 Å². The number of carbonyl (C=O) groups is 4. The number of thioether (sulfide) groups is 1. The van der Waals surface area contributed by atoms with Crippen molar-refractivity contribution in [1.29, 1.82) is 0 Å². The van der Waals surface area contributed by atoms with Crippen molar-refractivity contribution in [2.75, 3.05) is 12.4 Å². The predicted octanol–water partition coefficient (Wildman–Crippen LogP) is 3.03. The molecule has 11 heteroatoms. The Labute approximate surface area is 229 Å². The van der Waals surface area contributed by atoms with Crippen LogP contribution >= 0.6 is 23.4 Å². The second-order valence-electron chi connectivity index (χ2n) is 9.74. The molecule has 9 nitrogen and oxygen atoms in total. The van der Waals surface area contributed by atoms with Crippen LogP contribution < -0.4 is 15.4 Å². The van der Waals surface area contributed by atoms with Crippen molar-refractivity contribution in [3.63, 3.8) is 0 Å². The number of β-lactam (4-membered cyclic amide) rings is 1. The van der Waals surface area contributed by atoms with Crippen molar-refractivity contribution < 1.29 is 28.7 Å². The highest BCUT2D eigenvalue weighted by Crippen LogP contribution is 2.40. The van der Waals surface area contributed by atoms with Gasteiger partial charge in [-0.2, -0.15) is 0 Å². The number of hydrogen-bond acceptors (Lipinski definition) is 7. The van der Waals surface area contributed by atoms with E-state index >= 15 is 0 Å². The monoisotopic (exact) mass is 557 g/mol. The molecule has 0 radical (unpaired) electrons. The number of benzene rings is 2. The van der Waals surface area contributed by atoms with Crippen LogP contribution in [0.15, 0.2) is 66.0 Å². The number of hydrogen-bond donors (Lipinski definition) is 2. The molecule has 2 N–H and O–H groups in total. The van der Waals surface area contributed by atoms with Gasteiger partial charge in [-0.25, -0.2) is 4.79 Å². The number of nitrogens with zero attached hydrogens (tertiary/aromatic N) is 1. The standard InChI is InChI=1S/C27H28ClN3O6S/c1-27(2,3)37-26(35)23-19(29-20(32)13-16-7-5-4-6-8-16)15-38-25-22(24(34)31(23)25)30-21(33)14-36-18-11-9-17(28)10-12-18/h4-12,22,25H,13-15H2,1-3H3,(H,29,32)(H,30,33)/t22?,25-/m0/s1. The van der Waals surface area contributed by atoms with E-state index in [0.717, 1.165) is 5.56 Å². The van der Waals surface area contributed by atoms with E-state index in [0.29, 0.717) is 16.5 Å². The number of halogens is 1. The molecule has 38 heavy (non-hydrogen) atoms. The minimum Gasteiger partial charge on any atom is -0.484 e. The Hall–Kier alpha value is -3.50. The van der Waals surface area contributed by atoms with Gasteiger partial charge in [0.25, 0.3) is 11.8 Å². The molecule has 0 bridgehead atoms. The number of ether oxygens (including phenoxy) is 2. The fourth-order valence-corrected chi connectivity index (χ4v) is 5.33. The van der Waals surface area contributed by atoms with E-state index in [1.807, 2.05) is 30.3 Å². The van der Waals surface area contributed by atoms with Crippen LogP contribution in [0.3, 0.4) is 0 Å². The van der Waals surface area contributed by atoms with Gasteiger partial charge in [0.2, 0.25) is 5.91 Å². The molecule has 2 aliphatic heterocycles. The Morgan fingerprint density at radius 1 is 1.05 bits per heavy atom. The summed E-state index contributed by atoms with van der Waals surface area (Å²) in [4.78, 5) is 52.8. The summed E-state index contributed by atoms with van der Waals surface area (Å²) in [6.07, 6.45) is 0.111. The third kappa shape index (κ3) is 6.68. The molecule has 4 rings (SSSR count). The summed E-state index contributed by atoms with van der Waals surface area (Å²) in [6.45, 7) is 4.86. The highest BCUT2D eigenvalue weighted by Gasteiger charge is 2.55. The molecule has 0 saturated carbocycles. The maximum atomic E-state index is 13.2. The average molecular weight is 558 g/mol. The molecule has 2 aromatic carbocycles. The van der Waals surface area contributed by atoms with E-state index in [9.17, 15) is 19.2 Å². The Balaban J connectivity index is 1.46. The fourth-order valence-electron chi connectivity index (χ4n) is 3.92. The SMILES string of the molecule is CC(C)(C)OC(=O)C1=C(NC(=O)Cc2ccccc2)CS[C@H]2C(NC(=O)COc3ccc(Cl)cc3)C(=O)N12. The summed E-state index contributed by atoms with van der Waals surface area (Å²) in [5, 5.41) is 5.49. The quantitative estimate of drug-likeness (QED) is 0.379. The molecule has 2 heterocycles. The summed E-state index contributed by atoms with van der Waals surface area (Å²) < 4.78 is 11.0. The minimum atomic E-state index is -0.847. The van der Waals surface area contributed by atoms with E-state index in [1.165, 1.54) is 16.7 Å². The third-order valence-electron chi connectivity index (χ3n) is 5.56. The molecular formula is C27H28ClN3O6S. The molecule has 1 fully saturated rings. The molecular weight excluding hydrogens is 530 g/mol. The number of carbonyl (C=O) groups excluding carboxylic acids is 4. The topological polar surface area (TPSA) is 114 Å². The third-order valence-corrected chi connectivity index (χ3v) is 7.09. The zero-order chi connectivity index (χ0) is 27.4. The van der Waals surface area contributed by atoms with Gasteiger partial charge in [0.15, 0.2) is 12.3 Å². The smallest absolute Gasteiger partial charge is 0.357 e. The Morgan fingerprint density at radius 3 is 2.39 bits per heavy atom. The van der Waals surface area contributed by atoms with Crippen LogP contribution in [-0.2, 0) is 30.3 Å². The summed E-state index contributed by atoms with van der Waals surface area (Å²) in [5.41, 5.74) is 0.280. The molecule has 2 aliphatic rings. The van der Waals surface area contributed by atoms with Gasteiger partial charge in [0.1, 0.15) is 22.8 Å². The average Bonchev–Trinajstić information content (AvgIpc) is 2.86. The molecule has 200 valence electrons. The highest BCUT2D eigenvalue weighted by molar-refractivity contribution is 8.00. The van der Waals surface area contributed by atoms with E-state index in [-0.39, 0.29) is 30.4 Å². The second kappa shape index (κ2) is 11.5. The normalized spacial score (nSPS) is 18.7. The summed E-state index contributed by atoms with van der Waals surface area (Å²) in [6, 6.07) is 14.9. The van der Waals surface area contributed by atoms with Gasteiger partial charge in [-0.3, -0.25) is 19.3 Å². The zero-order valence-electron chi connectivity index (χ0n) is 21.2. The van der Waals surface area contributed by atoms with Crippen LogP contribution in [-0.4, -0.2) is 58.0 Å². The van der Waals surface area contributed by atoms with Gasteiger partial charge in [-0.05, 0) is 50.6 Å². The lowest BCUT2D eigenvalue weighted by molar-refractivity contribution is -0.159. The molecule has 3 amide bonds. The minimum absolute atomic E-state index is 0.0157. The lowest BCUT2D eigenvalue weighted by atomic mass is 10.0. The number of fused-ring (bicyclic) bond motifs is 1. The lowest BCUT2D eigenvalue weighted by Crippen LogP contribution is -2.71. The molecule has 2 aromatic rings. The van der Waals surface area contributed by atoms with Gasteiger partial charge in [-0.1, -0.05) is 41.9 Å². The summed E-state index contributed by atoms with van der Waals surface area (Å²) in [5.74, 6) is -1.28. The van der Waals surface area contributed by atoms with Crippen LogP contribution in [0.5, 0.6) is 5.75 Å². The number of amides is 3. The largest absolute Gasteiger partial charge is 0.484 e. The summed E-state index contributed by atoms with van der Waals surface area (Å²) in [7, 11) is 0. The van der Waals surface area contributed by atoms with E-state index in [2.05, 4.69) is 10.6 Å². The van der Waals surface area contributed by atoms with Crippen molar-refractivity contribution in [2.45, 2.75) is 44.2 Å². The first-order chi connectivity index (χ1) is 18.0. The Bertz CT molecular complexity index is 1260. The maximum absolute atomic E-state index is 13.2. The molecule has 1 unspecified atom stereocenters. The van der Waals surface area contributed by atoms with E-state index < -0.39 is 34.8 Å².